The molecule has 2 rings (SSSR count). The Labute approximate surface area is 130 Å². The lowest BCUT2D eigenvalue weighted by molar-refractivity contribution is 0.187. The molecular formula is C18H18N2O2. The number of hydrogen-bond donors (Lipinski definition) is 1. The minimum atomic E-state index is -0.494. The minimum Gasteiger partial charge on any atom is -0.453 e. The molecule has 0 bridgehead atoms. The van der Waals surface area contributed by atoms with E-state index in [-0.39, 0.29) is 0 Å². The molecule has 0 radical (unpaired) electrons. The molecule has 0 saturated heterocycles. The molecule has 0 aromatic heterocycles. The highest BCUT2D eigenvalue weighted by atomic mass is 16.5. The van der Waals surface area contributed by atoms with Gasteiger partial charge in [-0.1, -0.05) is 23.6 Å². The number of rotatable bonds is 4. The molecule has 0 unspecified atom stereocenters. The van der Waals surface area contributed by atoms with E-state index in [0.29, 0.717) is 12.2 Å². The van der Waals surface area contributed by atoms with Gasteiger partial charge in [0.2, 0.25) is 0 Å². The number of nitrogens with zero attached hydrogens (tertiary/aromatic N) is 1. The number of benzene rings is 2. The number of aryl methyl sites for hydroxylation is 1. The van der Waals surface area contributed by atoms with Crippen molar-refractivity contribution in [3.05, 3.63) is 54.1 Å². The van der Waals surface area contributed by atoms with Crippen LogP contribution in [0.5, 0.6) is 0 Å². The van der Waals surface area contributed by atoms with Crippen molar-refractivity contribution in [1.29, 1.82) is 0 Å². The second-order valence-corrected chi connectivity index (χ2v) is 4.79. The molecule has 2 aromatic carbocycles. The largest absolute Gasteiger partial charge is 0.453 e. The Hall–Kier alpha value is -2.93. The summed E-state index contributed by atoms with van der Waals surface area (Å²) in [5, 5.41) is 2.62. The second-order valence-electron chi connectivity index (χ2n) is 4.79. The molecule has 0 aliphatic carbocycles. The molecule has 0 atom stereocenters. The molecule has 0 heterocycles. The molecule has 4 heteroatoms. The first-order valence-corrected chi connectivity index (χ1v) is 6.86. The fourth-order valence-corrected chi connectivity index (χ4v) is 2.04. The van der Waals surface area contributed by atoms with Crippen molar-refractivity contribution in [3.8, 4) is 12.3 Å². The molecule has 1 amide bonds. The highest BCUT2D eigenvalue weighted by molar-refractivity contribution is 5.85. The van der Waals surface area contributed by atoms with Gasteiger partial charge in [-0.05, 0) is 43.3 Å². The zero-order valence-electron chi connectivity index (χ0n) is 12.7. The van der Waals surface area contributed by atoms with Crippen LogP contribution in [-0.4, -0.2) is 19.7 Å². The van der Waals surface area contributed by atoms with Crippen molar-refractivity contribution in [2.45, 2.75) is 6.92 Å². The lowest BCUT2D eigenvalue weighted by atomic mass is 10.2. The summed E-state index contributed by atoms with van der Waals surface area (Å²) in [7, 11) is 1.33. The molecule has 0 aliphatic rings. The first-order valence-electron chi connectivity index (χ1n) is 6.86. The highest BCUT2D eigenvalue weighted by Crippen LogP contribution is 2.26. The van der Waals surface area contributed by atoms with Crippen LogP contribution in [0.2, 0.25) is 0 Å². The monoisotopic (exact) mass is 294 g/mol. The normalized spacial score (nSPS) is 9.68. The van der Waals surface area contributed by atoms with Crippen molar-refractivity contribution in [1.82, 2.24) is 0 Å². The van der Waals surface area contributed by atoms with Gasteiger partial charge in [-0.25, -0.2) is 4.79 Å². The summed E-state index contributed by atoms with van der Waals surface area (Å²) in [6.45, 7) is 2.51. The van der Waals surface area contributed by atoms with E-state index >= 15 is 0 Å². The van der Waals surface area contributed by atoms with Gasteiger partial charge >= 0.3 is 6.09 Å². The van der Waals surface area contributed by atoms with Gasteiger partial charge in [0.25, 0.3) is 0 Å². The van der Waals surface area contributed by atoms with E-state index in [9.17, 15) is 4.79 Å². The topological polar surface area (TPSA) is 41.6 Å². The fourth-order valence-electron chi connectivity index (χ4n) is 2.04. The van der Waals surface area contributed by atoms with Crippen LogP contribution in [0.3, 0.4) is 0 Å². The Morgan fingerprint density at radius 3 is 2.18 bits per heavy atom. The summed E-state index contributed by atoms with van der Waals surface area (Å²) in [5.41, 5.74) is 3.84. The molecule has 2 aromatic rings. The maximum absolute atomic E-state index is 11.2. The van der Waals surface area contributed by atoms with Crippen LogP contribution in [0.4, 0.5) is 21.9 Å². The Morgan fingerprint density at radius 1 is 1.14 bits per heavy atom. The van der Waals surface area contributed by atoms with Gasteiger partial charge in [-0.3, -0.25) is 5.32 Å². The molecule has 4 nitrogen and oxygen atoms in total. The van der Waals surface area contributed by atoms with Crippen molar-refractivity contribution >= 4 is 23.2 Å². The van der Waals surface area contributed by atoms with E-state index in [1.807, 2.05) is 60.4 Å². The van der Waals surface area contributed by atoms with Crippen molar-refractivity contribution in [3.63, 3.8) is 0 Å². The first-order chi connectivity index (χ1) is 10.6. The zero-order chi connectivity index (χ0) is 15.9. The summed E-state index contributed by atoms with van der Waals surface area (Å²) in [4.78, 5) is 13.2. The number of terminal acetylenes is 1. The summed E-state index contributed by atoms with van der Waals surface area (Å²) in [5.74, 6) is 2.67. The van der Waals surface area contributed by atoms with Crippen molar-refractivity contribution < 1.29 is 9.53 Å². The predicted molar refractivity (Wildman–Crippen MR) is 89.5 cm³/mol. The van der Waals surface area contributed by atoms with Crippen LogP contribution in [0.1, 0.15) is 5.56 Å². The van der Waals surface area contributed by atoms with Gasteiger partial charge in [-0.15, -0.1) is 6.42 Å². The van der Waals surface area contributed by atoms with Gasteiger partial charge in [0.15, 0.2) is 0 Å². The van der Waals surface area contributed by atoms with E-state index in [0.717, 1.165) is 11.4 Å². The van der Waals surface area contributed by atoms with Gasteiger partial charge in [-0.2, -0.15) is 0 Å². The molecule has 0 aliphatic heterocycles. The smallest absolute Gasteiger partial charge is 0.411 e. The fraction of sp³-hybridized carbons (Fsp3) is 0.167. The molecular weight excluding hydrogens is 276 g/mol. The van der Waals surface area contributed by atoms with Gasteiger partial charge in [0, 0.05) is 17.1 Å². The van der Waals surface area contributed by atoms with Gasteiger partial charge in [0.1, 0.15) is 0 Å². The maximum Gasteiger partial charge on any atom is 0.411 e. The average Bonchev–Trinajstić information content (AvgIpc) is 2.54. The lowest BCUT2D eigenvalue weighted by Gasteiger charge is -2.23. The van der Waals surface area contributed by atoms with Crippen LogP contribution >= 0.6 is 0 Å². The Balaban J connectivity index is 2.24. The summed E-state index contributed by atoms with van der Waals surface area (Å²) < 4.78 is 4.56. The van der Waals surface area contributed by atoms with E-state index in [4.69, 9.17) is 6.42 Å². The minimum absolute atomic E-state index is 0.465. The molecule has 1 N–H and O–H groups in total. The SMILES string of the molecule is C#CCN(c1ccc(C)cc1)c1ccc(NC(=O)OC)cc1. The van der Waals surface area contributed by atoms with E-state index in [2.05, 4.69) is 16.0 Å². The molecule has 0 spiro atoms. The molecule has 112 valence electrons. The third kappa shape index (κ3) is 3.80. The van der Waals surface area contributed by atoms with Gasteiger partial charge < -0.3 is 9.64 Å². The standard InChI is InChI=1S/C18H18N2O2/c1-4-13-20(16-9-5-14(2)6-10-16)17-11-7-15(8-12-17)19-18(21)22-3/h1,5-12H,13H2,2-3H3,(H,19,21). The highest BCUT2D eigenvalue weighted by Gasteiger charge is 2.08. The number of carbonyl (C=O) groups is 1. The average molecular weight is 294 g/mol. The Bertz CT molecular complexity index is 670. The molecule has 22 heavy (non-hydrogen) atoms. The number of anilines is 3. The quantitative estimate of drug-likeness (QED) is 0.868. The third-order valence-corrected chi connectivity index (χ3v) is 3.21. The van der Waals surface area contributed by atoms with Gasteiger partial charge in [0.05, 0.1) is 13.7 Å². The second kappa shape index (κ2) is 7.19. The first kappa shape index (κ1) is 15.5. The third-order valence-electron chi connectivity index (χ3n) is 3.21. The summed E-state index contributed by atoms with van der Waals surface area (Å²) in [6.07, 6.45) is 4.99. The predicted octanol–water partition coefficient (Wildman–Crippen LogP) is 3.94. The van der Waals surface area contributed by atoms with Crippen LogP contribution in [-0.2, 0) is 4.74 Å². The number of amides is 1. The van der Waals surface area contributed by atoms with E-state index < -0.39 is 6.09 Å². The molecule has 0 saturated carbocycles. The molecule has 0 fully saturated rings. The summed E-state index contributed by atoms with van der Waals surface area (Å²) >= 11 is 0. The van der Waals surface area contributed by atoms with Crippen LogP contribution in [0, 0.1) is 19.3 Å². The maximum atomic E-state index is 11.2. The Morgan fingerprint density at radius 2 is 1.68 bits per heavy atom. The lowest BCUT2D eigenvalue weighted by Crippen LogP contribution is -2.17. The zero-order valence-corrected chi connectivity index (χ0v) is 12.7. The van der Waals surface area contributed by atoms with Crippen LogP contribution < -0.4 is 10.2 Å². The number of nitrogens with one attached hydrogen (secondary N) is 1. The van der Waals surface area contributed by atoms with E-state index in [1.165, 1.54) is 12.7 Å². The number of carbonyl (C=O) groups excluding carboxylic acids is 1. The van der Waals surface area contributed by atoms with Crippen molar-refractivity contribution in [2.24, 2.45) is 0 Å². The van der Waals surface area contributed by atoms with E-state index in [1.54, 1.807) is 0 Å². The summed E-state index contributed by atoms with van der Waals surface area (Å²) in [6, 6.07) is 15.6. The van der Waals surface area contributed by atoms with Crippen molar-refractivity contribution in [2.75, 3.05) is 23.9 Å². The Kier molecular flexibility index (Phi) is 5.05. The number of ether oxygens (including phenoxy) is 1. The number of methoxy groups -OCH3 is 1. The number of hydrogen-bond acceptors (Lipinski definition) is 3. The van der Waals surface area contributed by atoms with Crippen LogP contribution in [0.15, 0.2) is 48.5 Å². The van der Waals surface area contributed by atoms with Crippen LogP contribution in [0.25, 0.3) is 0 Å².